The summed E-state index contributed by atoms with van der Waals surface area (Å²) >= 11 is 0. The maximum Gasteiger partial charge on any atom is 0.379 e. The zero-order valence-electron chi connectivity index (χ0n) is 14.4. The summed E-state index contributed by atoms with van der Waals surface area (Å²) in [5.41, 5.74) is 0. The van der Waals surface area contributed by atoms with Crippen LogP contribution in [-0.4, -0.2) is 60.1 Å². The maximum atomic E-state index is 14.2. The predicted octanol–water partition coefficient (Wildman–Crippen LogP) is 6.72. The molecule has 0 aliphatic heterocycles. The molecule has 0 saturated carbocycles. The summed E-state index contributed by atoms with van der Waals surface area (Å²) < 4.78 is 238. The van der Waals surface area contributed by atoms with Crippen molar-refractivity contribution in [3.63, 3.8) is 0 Å². The van der Waals surface area contributed by atoms with Gasteiger partial charge in [0.15, 0.2) is 0 Å². The van der Waals surface area contributed by atoms with Gasteiger partial charge in [-0.3, -0.25) is 4.74 Å². The average Bonchev–Trinajstić information content (AvgIpc) is 2.51. The summed E-state index contributed by atoms with van der Waals surface area (Å²) in [4.78, 5) is 0. The van der Waals surface area contributed by atoms with Crippen LogP contribution in [0.4, 0.5) is 79.0 Å². The lowest BCUT2D eigenvalue weighted by molar-refractivity contribution is -0.503. The molecule has 2 unspecified atom stereocenters. The lowest BCUT2D eigenvalue weighted by atomic mass is 9.93. The highest BCUT2D eigenvalue weighted by molar-refractivity contribution is 5.10. The molecule has 1 nitrogen and oxygen atoms in total. The molecule has 188 valence electrons. The van der Waals surface area contributed by atoms with Crippen LogP contribution in [0.5, 0.6) is 0 Å². The molecule has 0 radical (unpaired) electrons. The van der Waals surface area contributed by atoms with Gasteiger partial charge >= 0.3 is 60.1 Å². The minimum absolute atomic E-state index is 1.39. The highest BCUT2D eigenvalue weighted by Crippen LogP contribution is 2.61. The third-order valence-corrected chi connectivity index (χ3v) is 3.60. The van der Waals surface area contributed by atoms with Crippen molar-refractivity contribution in [1.29, 1.82) is 0 Å². The third kappa shape index (κ3) is 4.09. The molecule has 0 rings (SSSR count). The average molecular weight is 510 g/mol. The summed E-state index contributed by atoms with van der Waals surface area (Å²) in [6.07, 6.45) is -11.7. The van der Waals surface area contributed by atoms with Crippen LogP contribution >= 0.6 is 0 Å². The highest BCUT2D eigenvalue weighted by atomic mass is 19.4. The quantitative estimate of drug-likeness (QED) is 0.297. The second-order valence-corrected chi connectivity index (χ2v) is 6.07. The molecule has 0 N–H and O–H groups in total. The van der Waals surface area contributed by atoms with Crippen LogP contribution in [0.15, 0.2) is 0 Å². The fourth-order valence-electron chi connectivity index (χ4n) is 1.76. The molecule has 0 heterocycles. The molecule has 31 heavy (non-hydrogen) atoms. The number of hydrogen-bond donors (Lipinski definition) is 0. The molecule has 0 aromatic heterocycles. The summed E-state index contributed by atoms with van der Waals surface area (Å²) in [6.45, 7) is -2.78. The number of ether oxygens (including phenoxy) is 1. The second kappa shape index (κ2) is 7.64. The summed E-state index contributed by atoms with van der Waals surface area (Å²) in [5, 5.41) is 0. The SMILES string of the molecule is CC(F)(F)C(F)(OC(F)(C(C)(F)F)C(F)(F)C(F)(F)C(F)F)C(F)(F)C(F)(F)C(F)F. The van der Waals surface area contributed by atoms with Gasteiger partial charge in [-0.25, -0.2) is 35.1 Å². The van der Waals surface area contributed by atoms with Crippen molar-refractivity contribution in [2.45, 2.75) is 73.9 Å². The Hall–Kier alpha value is -1.30. The van der Waals surface area contributed by atoms with Gasteiger partial charge in [-0.2, -0.15) is 43.9 Å². The van der Waals surface area contributed by atoms with Gasteiger partial charge in [-0.05, 0) is 0 Å². The van der Waals surface area contributed by atoms with E-state index in [0.29, 0.717) is 0 Å². The first-order valence-electron chi connectivity index (χ1n) is 7.00. The van der Waals surface area contributed by atoms with Crippen LogP contribution in [0.3, 0.4) is 0 Å². The largest absolute Gasteiger partial charge is 0.379 e. The zero-order valence-corrected chi connectivity index (χ0v) is 14.4. The van der Waals surface area contributed by atoms with E-state index in [0.717, 1.165) is 0 Å². The Bertz CT molecular complexity index is 578. The van der Waals surface area contributed by atoms with E-state index in [1.807, 2.05) is 0 Å². The lowest BCUT2D eigenvalue weighted by Gasteiger charge is -2.47. The third-order valence-electron chi connectivity index (χ3n) is 3.60. The van der Waals surface area contributed by atoms with Gasteiger partial charge in [0.2, 0.25) is 0 Å². The van der Waals surface area contributed by atoms with E-state index >= 15 is 0 Å². The molecule has 0 amide bonds. The standard InChI is InChI=1S/C12H8F18O/c1-5(17,18)11(29,9(25,26)7(21,22)3(13)14)31-12(30,6(2,19)20)10(27,28)8(23,24)4(15)16/h3-4H,1-2H3. The summed E-state index contributed by atoms with van der Waals surface area (Å²) in [7, 11) is 0. The lowest BCUT2D eigenvalue weighted by Crippen LogP contribution is -2.75. The second-order valence-electron chi connectivity index (χ2n) is 6.07. The molecule has 0 aromatic rings. The summed E-state index contributed by atoms with van der Waals surface area (Å²) in [5.74, 6) is -59.1. The molecule has 0 spiro atoms. The van der Waals surface area contributed by atoms with Gasteiger partial charge in [-0.1, -0.05) is 0 Å². The fourth-order valence-corrected chi connectivity index (χ4v) is 1.76. The van der Waals surface area contributed by atoms with Crippen LogP contribution in [-0.2, 0) is 4.74 Å². The van der Waals surface area contributed by atoms with Gasteiger partial charge in [0.05, 0.1) is 0 Å². The van der Waals surface area contributed by atoms with Crippen molar-refractivity contribution in [1.82, 2.24) is 0 Å². The molecular formula is C12H8F18O. The number of halogens is 18. The molecule has 0 aliphatic carbocycles. The van der Waals surface area contributed by atoms with Gasteiger partial charge in [-0.15, -0.1) is 0 Å². The van der Waals surface area contributed by atoms with Crippen LogP contribution in [0.25, 0.3) is 0 Å². The zero-order chi connectivity index (χ0) is 25.9. The molecule has 0 saturated heterocycles. The van der Waals surface area contributed by atoms with Crippen LogP contribution < -0.4 is 0 Å². The Balaban J connectivity index is 7.22. The van der Waals surface area contributed by atoms with Gasteiger partial charge in [0.1, 0.15) is 0 Å². The van der Waals surface area contributed by atoms with E-state index in [9.17, 15) is 79.0 Å². The van der Waals surface area contributed by atoms with Gasteiger partial charge in [0.25, 0.3) is 0 Å². The number of rotatable bonds is 10. The Labute approximate surface area is 159 Å². The van der Waals surface area contributed by atoms with Gasteiger partial charge in [0, 0.05) is 13.8 Å². The van der Waals surface area contributed by atoms with Gasteiger partial charge < -0.3 is 0 Å². The minimum atomic E-state index is -7.90. The van der Waals surface area contributed by atoms with E-state index in [4.69, 9.17) is 0 Å². The van der Waals surface area contributed by atoms with Crippen molar-refractivity contribution in [3.05, 3.63) is 0 Å². The van der Waals surface area contributed by atoms with E-state index in [2.05, 4.69) is 0 Å². The molecule has 0 bridgehead atoms. The normalized spacial score (nSPS) is 19.5. The molecule has 0 aromatic carbocycles. The van der Waals surface area contributed by atoms with Crippen molar-refractivity contribution in [2.75, 3.05) is 0 Å². The fraction of sp³-hybridized carbons (Fsp3) is 1.00. The first kappa shape index (κ1) is 29.7. The molecule has 0 aliphatic rings. The Morgan fingerprint density at radius 2 is 0.645 bits per heavy atom. The Morgan fingerprint density at radius 1 is 0.452 bits per heavy atom. The van der Waals surface area contributed by atoms with E-state index in [-0.39, 0.29) is 0 Å². The Kier molecular flexibility index (Phi) is 7.32. The molecule has 2 atom stereocenters. The van der Waals surface area contributed by atoms with Crippen molar-refractivity contribution in [2.24, 2.45) is 0 Å². The van der Waals surface area contributed by atoms with E-state index in [1.54, 1.807) is 4.74 Å². The first-order valence-corrected chi connectivity index (χ1v) is 7.00. The number of hydrogen-bond acceptors (Lipinski definition) is 1. The van der Waals surface area contributed by atoms with Crippen molar-refractivity contribution >= 4 is 0 Å². The summed E-state index contributed by atoms with van der Waals surface area (Å²) in [6, 6.07) is 0. The highest BCUT2D eigenvalue weighted by Gasteiger charge is 2.89. The Morgan fingerprint density at radius 3 is 0.774 bits per heavy atom. The molecule has 19 heteroatoms. The first-order chi connectivity index (χ1) is 13.1. The number of alkyl halides is 18. The topological polar surface area (TPSA) is 9.23 Å². The van der Waals surface area contributed by atoms with Crippen molar-refractivity contribution in [3.8, 4) is 0 Å². The minimum Gasteiger partial charge on any atom is -0.289 e. The van der Waals surface area contributed by atoms with Crippen LogP contribution in [0, 0.1) is 0 Å². The van der Waals surface area contributed by atoms with E-state index < -0.39 is 73.9 Å². The molecular weight excluding hydrogens is 502 g/mol. The van der Waals surface area contributed by atoms with Crippen LogP contribution in [0.1, 0.15) is 13.8 Å². The monoisotopic (exact) mass is 510 g/mol. The van der Waals surface area contributed by atoms with Crippen LogP contribution in [0.2, 0.25) is 0 Å². The maximum absolute atomic E-state index is 14.2. The van der Waals surface area contributed by atoms with Crippen molar-refractivity contribution < 1.29 is 83.8 Å². The van der Waals surface area contributed by atoms with E-state index in [1.165, 1.54) is 0 Å². The molecule has 0 fully saturated rings. The predicted molar refractivity (Wildman–Crippen MR) is 61.8 cm³/mol. The smallest absolute Gasteiger partial charge is 0.289 e.